The third kappa shape index (κ3) is 5.01. The number of nitrogens with two attached hydrogens (primary N) is 1. The quantitative estimate of drug-likeness (QED) is 0.797. The van der Waals surface area contributed by atoms with Crippen LogP contribution in [0.15, 0.2) is 24.3 Å². The molecule has 0 aliphatic rings. The molecule has 1 rings (SSSR count). The first-order chi connectivity index (χ1) is 9.58. The number of carbonyl (C=O) groups excluding carboxylic acids is 2. The number of rotatable bonds is 7. The van der Waals surface area contributed by atoms with Gasteiger partial charge in [-0.05, 0) is 31.5 Å². The Morgan fingerprint density at radius 3 is 2.60 bits per heavy atom. The second-order valence-electron chi connectivity index (χ2n) is 4.63. The second-order valence-corrected chi connectivity index (χ2v) is 4.63. The molecule has 0 fully saturated rings. The van der Waals surface area contributed by atoms with E-state index in [0.29, 0.717) is 32.5 Å². The van der Waals surface area contributed by atoms with Crippen molar-refractivity contribution in [2.45, 2.75) is 33.2 Å². The van der Waals surface area contributed by atoms with Gasteiger partial charge in [-0.25, -0.2) is 0 Å². The van der Waals surface area contributed by atoms with Gasteiger partial charge in [0.1, 0.15) is 0 Å². The van der Waals surface area contributed by atoms with Gasteiger partial charge in [0.05, 0.1) is 0 Å². The van der Waals surface area contributed by atoms with Gasteiger partial charge in [0.15, 0.2) is 0 Å². The minimum absolute atomic E-state index is 0.0248. The average Bonchev–Trinajstić information content (AvgIpc) is 2.43. The number of nitrogens with zero attached hydrogens (tertiary/aromatic N) is 1. The summed E-state index contributed by atoms with van der Waals surface area (Å²) >= 11 is 0. The van der Waals surface area contributed by atoms with E-state index in [9.17, 15) is 9.59 Å². The third-order valence-corrected chi connectivity index (χ3v) is 3.09. The van der Waals surface area contributed by atoms with Gasteiger partial charge in [-0.1, -0.05) is 18.2 Å². The van der Waals surface area contributed by atoms with Crippen molar-refractivity contribution in [1.29, 1.82) is 0 Å². The maximum atomic E-state index is 11.8. The Hall–Kier alpha value is -1.88. The van der Waals surface area contributed by atoms with Crippen LogP contribution >= 0.6 is 0 Å². The molecule has 110 valence electrons. The topological polar surface area (TPSA) is 75.4 Å². The van der Waals surface area contributed by atoms with Crippen LogP contribution in [0.25, 0.3) is 0 Å². The summed E-state index contributed by atoms with van der Waals surface area (Å²) in [7, 11) is 0. The number of carbonyl (C=O) groups is 2. The van der Waals surface area contributed by atoms with Crippen LogP contribution in [0.3, 0.4) is 0 Å². The number of hydrogen-bond acceptors (Lipinski definition) is 3. The van der Waals surface area contributed by atoms with Crippen molar-refractivity contribution in [3.05, 3.63) is 29.8 Å². The van der Waals surface area contributed by atoms with E-state index in [1.54, 1.807) is 11.8 Å². The second kappa shape index (κ2) is 8.32. The first-order valence-corrected chi connectivity index (χ1v) is 6.91. The molecule has 0 unspecified atom stereocenters. The SMILES string of the molecule is CCN(Cc1ccccc1NC(=O)CCCN)C(C)=O. The summed E-state index contributed by atoms with van der Waals surface area (Å²) < 4.78 is 0. The zero-order chi connectivity index (χ0) is 15.0. The Balaban J connectivity index is 2.77. The molecular weight excluding hydrogens is 254 g/mol. The first-order valence-electron chi connectivity index (χ1n) is 6.91. The maximum absolute atomic E-state index is 11.8. The summed E-state index contributed by atoms with van der Waals surface area (Å²) in [6, 6.07) is 7.54. The highest BCUT2D eigenvalue weighted by molar-refractivity contribution is 5.91. The summed E-state index contributed by atoms with van der Waals surface area (Å²) in [5, 5.41) is 2.88. The fourth-order valence-corrected chi connectivity index (χ4v) is 1.91. The van der Waals surface area contributed by atoms with Gasteiger partial charge < -0.3 is 16.0 Å². The van der Waals surface area contributed by atoms with Crippen LogP contribution < -0.4 is 11.1 Å². The molecule has 5 nitrogen and oxygen atoms in total. The third-order valence-electron chi connectivity index (χ3n) is 3.09. The molecule has 20 heavy (non-hydrogen) atoms. The number of benzene rings is 1. The van der Waals surface area contributed by atoms with Crippen molar-refractivity contribution in [1.82, 2.24) is 4.90 Å². The van der Waals surface area contributed by atoms with Crippen LogP contribution in [0.5, 0.6) is 0 Å². The summed E-state index contributed by atoms with van der Waals surface area (Å²) in [6.45, 7) is 5.13. The summed E-state index contributed by atoms with van der Waals surface area (Å²) in [5.41, 5.74) is 7.09. The predicted molar refractivity (Wildman–Crippen MR) is 80.1 cm³/mol. The molecule has 0 aliphatic heterocycles. The normalized spacial score (nSPS) is 10.2. The van der Waals surface area contributed by atoms with E-state index >= 15 is 0 Å². The molecule has 0 bridgehead atoms. The molecule has 0 aliphatic carbocycles. The van der Waals surface area contributed by atoms with Gasteiger partial charge in [0, 0.05) is 32.1 Å². The minimum atomic E-state index is -0.0474. The first kappa shape index (κ1) is 16.2. The van der Waals surface area contributed by atoms with Crippen molar-refractivity contribution >= 4 is 17.5 Å². The van der Waals surface area contributed by atoms with Gasteiger partial charge in [-0.3, -0.25) is 9.59 Å². The maximum Gasteiger partial charge on any atom is 0.224 e. The highest BCUT2D eigenvalue weighted by atomic mass is 16.2. The molecule has 3 N–H and O–H groups in total. The van der Waals surface area contributed by atoms with Crippen molar-refractivity contribution in [2.24, 2.45) is 5.73 Å². The predicted octanol–water partition coefficient (Wildman–Crippen LogP) is 1.73. The van der Waals surface area contributed by atoms with Gasteiger partial charge in [0.25, 0.3) is 0 Å². The lowest BCUT2D eigenvalue weighted by molar-refractivity contribution is -0.129. The highest BCUT2D eigenvalue weighted by Crippen LogP contribution is 2.17. The number of hydrogen-bond donors (Lipinski definition) is 2. The van der Waals surface area contributed by atoms with E-state index in [4.69, 9.17) is 5.73 Å². The standard InChI is InChI=1S/C15H23N3O2/c1-3-18(12(2)19)11-13-7-4-5-8-14(13)17-15(20)9-6-10-16/h4-5,7-8H,3,6,9-11,16H2,1-2H3,(H,17,20). The largest absolute Gasteiger partial charge is 0.339 e. The van der Waals surface area contributed by atoms with Crippen molar-refractivity contribution < 1.29 is 9.59 Å². The van der Waals surface area contributed by atoms with Crippen LogP contribution in [-0.2, 0) is 16.1 Å². The molecule has 0 saturated carbocycles. The lowest BCUT2D eigenvalue weighted by Gasteiger charge is -2.21. The van der Waals surface area contributed by atoms with Crippen molar-refractivity contribution in [2.75, 3.05) is 18.4 Å². The van der Waals surface area contributed by atoms with Crippen LogP contribution in [0.1, 0.15) is 32.3 Å². The Labute approximate surface area is 120 Å². The number of nitrogens with one attached hydrogen (secondary N) is 1. The van der Waals surface area contributed by atoms with Crippen molar-refractivity contribution in [3.8, 4) is 0 Å². The molecule has 1 aromatic carbocycles. The van der Waals surface area contributed by atoms with Crippen LogP contribution in [0.4, 0.5) is 5.69 Å². The van der Waals surface area contributed by atoms with E-state index in [0.717, 1.165) is 11.3 Å². The van der Waals surface area contributed by atoms with Gasteiger partial charge >= 0.3 is 0 Å². The Morgan fingerprint density at radius 2 is 2.00 bits per heavy atom. The molecule has 2 amide bonds. The molecule has 0 heterocycles. The summed E-state index contributed by atoms with van der Waals surface area (Å²) in [5.74, 6) is -0.0227. The van der Waals surface area contributed by atoms with E-state index < -0.39 is 0 Å². The lowest BCUT2D eigenvalue weighted by atomic mass is 10.1. The Bertz CT molecular complexity index is 460. The molecule has 0 saturated heterocycles. The van der Waals surface area contributed by atoms with Crippen LogP contribution in [0.2, 0.25) is 0 Å². The monoisotopic (exact) mass is 277 g/mol. The van der Waals surface area contributed by atoms with Crippen molar-refractivity contribution in [3.63, 3.8) is 0 Å². The zero-order valence-electron chi connectivity index (χ0n) is 12.2. The average molecular weight is 277 g/mol. The molecule has 0 radical (unpaired) electrons. The summed E-state index contributed by atoms with van der Waals surface area (Å²) in [6.07, 6.45) is 1.08. The Kier molecular flexibility index (Phi) is 6.73. The van der Waals surface area contributed by atoms with Gasteiger partial charge in [-0.15, -0.1) is 0 Å². The highest BCUT2D eigenvalue weighted by Gasteiger charge is 2.11. The minimum Gasteiger partial charge on any atom is -0.339 e. The number of anilines is 1. The van der Waals surface area contributed by atoms with Crippen LogP contribution in [-0.4, -0.2) is 29.8 Å². The van der Waals surface area contributed by atoms with E-state index in [-0.39, 0.29) is 11.8 Å². The summed E-state index contributed by atoms with van der Waals surface area (Å²) in [4.78, 5) is 25.0. The number of para-hydroxylation sites is 1. The molecule has 0 atom stereocenters. The van der Waals surface area contributed by atoms with E-state index in [2.05, 4.69) is 5.32 Å². The smallest absolute Gasteiger partial charge is 0.224 e. The molecular formula is C15H23N3O2. The lowest BCUT2D eigenvalue weighted by Crippen LogP contribution is -2.28. The molecule has 1 aromatic rings. The molecule has 0 aromatic heterocycles. The fourth-order valence-electron chi connectivity index (χ4n) is 1.91. The van der Waals surface area contributed by atoms with E-state index in [1.807, 2.05) is 31.2 Å². The van der Waals surface area contributed by atoms with Crippen LogP contribution in [0, 0.1) is 0 Å². The van der Waals surface area contributed by atoms with Gasteiger partial charge in [0.2, 0.25) is 11.8 Å². The fraction of sp³-hybridized carbons (Fsp3) is 0.467. The van der Waals surface area contributed by atoms with E-state index in [1.165, 1.54) is 0 Å². The number of amides is 2. The molecule has 0 spiro atoms. The Morgan fingerprint density at radius 1 is 1.30 bits per heavy atom. The van der Waals surface area contributed by atoms with Gasteiger partial charge in [-0.2, -0.15) is 0 Å². The zero-order valence-corrected chi connectivity index (χ0v) is 12.2. The molecule has 5 heteroatoms.